The van der Waals surface area contributed by atoms with Crippen LogP contribution in [0.3, 0.4) is 0 Å². The molecule has 1 fully saturated rings. The Hall–Kier alpha value is -1.09. The number of pyridine rings is 1. The average Bonchev–Trinajstić information content (AvgIpc) is 2.54. The van der Waals surface area contributed by atoms with Gasteiger partial charge in [-0.2, -0.15) is 0 Å². The molecule has 3 nitrogen and oxygen atoms in total. The van der Waals surface area contributed by atoms with Crippen LogP contribution in [0.25, 0.3) is 0 Å². The second kappa shape index (κ2) is 5.50. The van der Waals surface area contributed by atoms with Crippen molar-refractivity contribution in [3.05, 3.63) is 23.9 Å². The third kappa shape index (κ3) is 2.97. The summed E-state index contributed by atoms with van der Waals surface area (Å²) in [6, 6.07) is 4.46. The molecule has 1 saturated heterocycles. The summed E-state index contributed by atoms with van der Waals surface area (Å²) in [6.07, 6.45) is 6.49. The Balaban J connectivity index is 2.22. The monoisotopic (exact) mass is 234 g/mol. The van der Waals surface area contributed by atoms with Gasteiger partial charge in [-0.1, -0.05) is 12.8 Å². The number of hydrogen-bond acceptors (Lipinski definition) is 3. The van der Waals surface area contributed by atoms with Gasteiger partial charge in [0.25, 0.3) is 0 Å². The molecule has 2 atom stereocenters. The van der Waals surface area contributed by atoms with Gasteiger partial charge in [0.2, 0.25) is 0 Å². The van der Waals surface area contributed by atoms with E-state index in [-0.39, 0.29) is 0 Å². The number of rotatable bonds is 2. The van der Waals surface area contributed by atoms with Crippen molar-refractivity contribution in [3.8, 4) is 0 Å². The van der Waals surface area contributed by atoms with Crippen molar-refractivity contribution in [1.82, 2.24) is 4.98 Å². The minimum atomic E-state index is -0.418. The number of nitrogens with zero attached hydrogens (tertiary/aromatic N) is 2. The highest BCUT2D eigenvalue weighted by atomic mass is 16.3. The minimum absolute atomic E-state index is 0.418. The lowest BCUT2D eigenvalue weighted by atomic mass is 10.1. The Morgan fingerprint density at radius 1 is 1.41 bits per heavy atom. The highest BCUT2D eigenvalue weighted by molar-refractivity contribution is 5.42. The maximum atomic E-state index is 9.62. The molecule has 0 bridgehead atoms. The normalized spacial score (nSPS) is 23.2. The predicted octanol–water partition coefficient (Wildman–Crippen LogP) is 2.90. The molecule has 17 heavy (non-hydrogen) atoms. The third-order valence-corrected chi connectivity index (χ3v) is 3.60. The standard InChI is InChI=1S/C14H22N2O/c1-11-6-4-3-5-9-16(11)14-10-13(12(2)17)7-8-15-14/h7-8,10-12,17H,3-6,9H2,1-2H3. The van der Waals surface area contributed by atoms with Crippen LogP contribution in [0, 0.1) is 0 Å². The molecule has 1 aromatic rings. The molecule has 2 unspecified atom stereocenters. The zero-order valence-corrected chi connectivity index (χ0v) is 10.8. The Bertz CT molecular complexity index is 365. The van der Waals surface area contributed by atoms with Crippen LogP contribution in [0.5, 0.6) is 0 Å². The smallest absolute Gasteiger partial charge is 0.129 e. The molecular formula is C14H22N2O. The second-order valence-corrected chi connectivity index (χ2v) is 5.02. The lowest BCUT2D eigenvalue weighted by Crippen LogP contribution is -2.33. The van der Waals surface area contributed by atoms with Crippen molar-refractivity contribution in [2.45, 2.75) is 51.7 Å². The zero-order chi connectivity index (χ0) is 12.3. The molecule has 0 spiro atoms. The van der Waals surface area contributed by atoms with Crippen LogP contribution in [-0.2, 0) is 0 Å². The van der Waals surface area contributed by atoms with Crippen molar-refractivity contribution in [1.29, 1.82) is 0 Å². The van der Waals surface area contributed by atoms with Crippen molar-refractivity contribution >= 4 is 5.82 Å². The average molecular weight is 234 g/mol. The molecule has 94 valence electrons. The summed E-state index contributed by atoms with van der Waals surface area (Å²) >= 11 is 0. The lowest BCUT2D eigenvalue weighted by Gasteiger charge is -2.28. The largest absolute Gasteiger partial charge is 0.389 e. The molecule has 0 amide bonds. The summed E-state index contributed by atoms with van der Waals surface area (Å²) in [5, 5.41) is 9.62. The maximum Gasteiger partial charge on any atom is 0.129 e. The summed E-state index contributed by atoms with van der Waals surface area (Å²) < 4.78 is 0. The highest BCUT2D eigenvalue weighted by Crippen LogP contribution is 2.24. The zero-order valence-electron chi connectivity index (χ0n) is 10.8. The fraction of sp³-hybridized carbons (Fsp3) is 0.643. The van der Waals surface area contributed by atoms with Gasteiger partial charge in [0, 0.05) is 18.8 Å². The van der Waals surface area contributed by atoms with E-state index < -0.39 is 6.10 Å². The van der Waals surface area contributed by atoms with Crippen molar-refractivity contribution < 1.29 is 5.11 Å². The van der Waals surface area contributed by atoms with Crippen LogP contribution < -0.4 is 4.90 Å². The SMILES string of the molecule is CC(O)c1ccnc(N2CCCCCC2C)c1. The van der Waals surface area contributed by atoms with E-state index in [1.165, 1.54) is 25.7 Å². The van der Waals surface area contributed by atoms with Crippen LogP contribution in [0.15, 0.2) is 18.3 Å². The van der Waals surface area contributed by atoms with Gasteiger partial charge < -0.3 is 10.0 Å². The van der Waals surface area contributed by atoms with Crippen LogP contribution in [0.1, 0.15) is 51.2 Å². The van der Waals surface area contributed by atoms with E-state index in [0.29, 0.717) is 6.04 Å². The van der Waals surface area contributed by atoms with Gasteiger partial charge in [-0.25, -0.2) is 4.98 Å². The fourth-order valence-electron chi connectivity index (χ4n) is 2.47. The molecule has 1 aliphatic heterocycles. The van der Waals surface area contributed by atoms with Crippen LogP contribution in [-0.4, -0.2) is 22.7 Å². The van der Waals surface area contributed by atoms with Crippen molar-refractivity contribution in [2.75, 3.05) is 11.4 Å². The topological polar surface area (TPSA) is 36.4 Å². The van der Waals surface area contributed by atoms with E-state index in [2.05, 4.69) is 16.8 Å². The first-order chi connectivity index (χ1) is 8.18. The fourth-order valence-corrected chi connectivity index (χ4v) is 2.47. The summed E-state index contributed by atoms with van der Waals surface area (Å²) in [6.45, 7) is 5.14. The molecule has 1 aromatic heterocycles. The molecule has 3 heteroatoms. The van der Waals surface area contributed by atoms with Gasteiger partial charge in [-0.05, 0) is 44.4 Å². The lowest BCUT2D eigenvalue weighted by molar-refractivity contribution is 0.199. The Morgan fingerprint density at radius 2 is 2.24 bits per heavy atom. The molecule has 2 rings (SSSR count). The van der Waals surface area contributed by atoms with E-state index in [1.807, 2.05) is 12.1 Å². The molecule has 1 aliphatic rings. The number of aliphatic hydroxyl groups is 1. The van der Waals surface area contributed by atoms with E-state index in [0.717, 1.165) is 17.9 Å². The Morgan fingerprint density at radius 3 is 3.00 bits per heavy atom. The Kier molecular flexibility index (Phi) is 4.00. The first-order valence-electron chi connectivity index (χ1n) is 6.59. The van der Waals surface area contributed by atoms with Crippen LogP contribution in [0.4, 0.5) is 5.82 Å². The summed E-state index contributed by atoms with van der Waals surface area (Å²) in [5.41, 5.74) is 0.950. The van der Waals surface area contributed by atoms with E-state index in [9.17, 15) is 5.11 Å². The molecule has 0 saturated carbocycles. The van der Waals surface area contributed by atoms with Gasteiger partial charge in [0.1, 0.15) is 5.82 Å². The first kappa shape index (κ1) is 12.4. The number of hydrogen-bond donors (Lipinski definition) is 1. The van der Waals surface area contributed by atoms with E-state index >= 15 is 0 Å². The molecule has 0 radical (unpaired) electrons. The van der Waals surface area contributed by atoms with Gasteiger partial charge >= 0.3 is 0 Å². The molecule has 0 aliphatic carbocycles. The molecule has 0 aromatic carbocycles. The molecule has 2 heterocycles. The summed E-state index contributed by atoms with van der Waals surface area (Å²) in [4.78, 5) is 6.83. The van der Waals surface area contributed by atoms with E-state index in [1.54, 1.807) is 13.1 Å². The third-order valence-electron chi connectivity index (χ3n) is 3.60. The van der Waals surface area contributed by atoms with Gasteiger partial charge in [0.05, 0.1) is 6.10 Å². The first-order valence-corrected chi connectivity index (χ1v) is 6.59. The van der Waals surface area contributed by atoms with Crippen LogP contribution in [0.2, 0.25) is 0 Å². The van der Waals surface area contributed by atoms with Crippen molar-refractivity contribution in [3.63, 3.8) is 0 Å². The predicted molar refractivity (Wildman–Crippen MR) is 70.1 cm³/mol. The van der Waals surface area contributed by atoms with E-state index in [4.69, 9.17) is 0 Å². The number of anilines is 1. The van der Waals surface area contributed by atoms with Crippen molar-refractivity contribution in [2.24, 2.45) is 0 Å². The number of aromatic nitrogens is 1. The van der Waals surface area contributed by atoms with Crippen LogP contribution >= 0.6 is 0 Å². The van der Waals surface area contributed by atoms with Gasteiger partial charge in [0.15, 0.2) is 0 Å². The second-order valence-electron chi connectivity index (χ2n) is 5.02. The maximum absolute atomic E-state index is 9.62. The summed E-state index contributed by atoms with van der Waals surface area (Å²) in [5.74, 6) is 1.01. The molecule has 1 N–H and O–H groups in total. The summed E-state index contributed by atoms with van der Waals surface area (Å²) in [7, 11) is 0. The Labute approximate surface area is 103 Å². The van der Waals surface area contributed by atoms with Gasteiger partial charge in [-0.3, -0.25) is 0 Å². The minimum Gasteiger partial charge on any atom is -0.389 e. The number of aliphatic hydroxyl groups excluding tert-OH is 1. The highest BCUT2D eigenvalue weighted by Gasteiger charge is 2.18. The quantitative estimate of drug-likeness (QED) is 0.854. The van der Waals surface area contributed by atoms with Gasteiger partial charge in [-0.15, -0.1) is 0 Å². The molecular weight excluding hydrogens is 212 g/mol.